The number of hydrogen-bond acceptors (Lipinski definition) is 2. The summed E-state index contributed by atoms with van der Waals surface area (Å²) in [6, 6.07) is 3.96. The quantitative estimate of drug-likeness (QED) is 0.822. The number of aryl methyl sites for hydroxylation is 2. The molecule has 1 aromatic heterocycles. The maximum atomic E-state index is 10.2. The first-order chi connectivity index (χ1) is 7.06. The van der Waals surface area contributed by atoms with Gasteiger partial charge in [-0.1, -0.05) is 26.3 Å². The smallest absolute Gasteiger partial charge is 0.0833 e. The van der Waals surface area contributed by atoms with Gasteiger partial charge in [-0.2, -0.15) is 0 Å². The van der Waals surface area contributed by atoms with Crippen LogP contribution in [-0.4, -0.2) is 10.1 Å². The van der Waals surface area contributed by atoms with Gasteiger partial charge >= 0.3 is 0 Å². The Morgan fingerprint density at radius 2 is 2.00 bits per heavy atom. The number of aromatic nitrogens is 1. The fraction of sp³-hybridized carbons (Fsp3) is 0.615. The van der Waals surface area contributed by atoms with Crippen molar-refractivity contribution in [2.75, 3.05) is 0 Å². The van der Waals surface area contributed by atoms with Crippen LogP contribution >= 0.6 is 0 Å². The second-order valence-electron chi connectivity index (χ2n) is 4.34. The van der Waals surface area contributed by atoms with E-state index in [9.17, 15) is 5.11 Å². The molecule has 1 aromatic rings. The molecule has 0 aliphatic heterocycles. The standard InChI is InChI=1S/C13H21NO/c1-5-6-9(2)13(15)12-8-7-10(3)14-11(12)4/h7-9,13,15H,5-6H2,1-4H3. The third-order valence-corrected chi connectivity index (χ3v) is 2.87. The predicted molar refractivity (Wildman–Crippen MR) is 62.7 cm³/mol. The molecule has 0 spiro atoms. The highest BCUT2D eigenvalue weighted by atomic mass is 16.3. The van der Waals surface area contributed by atoms with Gasteiger partial charge in [-0.25, -0.2) is 0 Å². The van der Waals surface area contributed by atoms with E-state index in [1.54, 1.807) is 0 Å². The molecule has 0 saturated heterocycles. The molecule has 0 aliphatic carbocycles. The molecule has 0 bridgehead atoms. The monoisotopic (exact) mass is 207 g/mol. The lowest BCUT2D eigenvalue weighted by molar-refractivity contribution is 0.111. The average molecular weight is 207 g/mol. The summed E-state index contributed by atoms with van der Waals surface area (Å²) in [7, 11) is 0. The van der Waals surface area contributed by atoms with Gasteiger partial charge in [0.25, 0.3) is 0 Å². The molecule has 0 fully saturated rings. The van der Waals surface area contributed by atoms with E-state index in [0.717, 1.165) is 29.8 Å². The van der Waals surface area contributed by atoms with Crippen molar-refractivity contribution in [3.8, 4) is 0 Å². The average Bonchev–Trinajstić information content (AvgIpc) is 2.17. The number of hydrogen-bond donors (Lipinski definition) is 1. The molecule has 0 aliphatic rings. The second-order valence-corrected chi connectivity index (χ2v) is 4.34. The van der Waals surface area contributed by atoms with Gasteiger partial charge in [0.1, 0.15) is 0 Å². The van der Waals surface area contributed by atoms with Crippen LogP contribution < -0.4 is 0 Å². The van der Waals surface area contributed by atoms with Crippen molar-refractivity contribution in [1.29, 1.82) is 0 Å². The third kappa shape index (κ3) is 3.03. The molecule has 0 radical (unpaired) electrons. The summed E-state index contributed by atoms with van der Waals surface area (Å²) in [6.07, 6.45) is 1.78. The van der Waals surface area contributed by atoms with Gasteiger partial charge in [-0.3, -0.25) is 4.98 Å². The highest BCUT2D eigenvalue weighted by Gasteiger charge is 2.17. The van der Waals surface area contributed by atoms with Crippen LogP contribution in [0.5, 0.6) is 0 Å². The molecule has 2 atom stereocenters. The van der Waals surface area contributed by atoms with Crippen LogP contribution in [-0.2, 0) is 0 Å². The van der Waals surface area contributed by atoms with Crippen LogP contribution in [0, 0.1) is 19.8 Å². The van der Waals surface area contributed by atoms with Gasteiger partial charge in [0, 0.05) is 17.0 Å². The van der Waals surface area contributed by atoms with Crippen molar-refractivity contribution >= 4 is 0 Å². The summed E-state index contributed by atoms with van der Waals surface area (Å²) in [4.78, 5) is 4.38. The molecule has 1 heterocycles. The molecule has 84 valence electrons. The first kappa shape index (κ1) is 12.2. The van der Waals surface area contributed by atoms with Crippen LogP contribution in [0.3, 0.4) is 0 Å². The van der Waals surface area contributed by atoms with Crippen LogP contribution in [0.15, 0.2) is 12.1 Å². The normalized spacial score (nSPS) is 15.0. The van der Waals surface area contributed by atoms with Crippen molar-refractivity contribution in [3.63, 3.8) is 0 Å². The molecule has 2 unspecified atom stereocenters. The van der Waals surface area contributed by atoms with Crippen LogP contribution in [0.1, 0.15) is 49.7 Å². The highest BCUT2D eigenvalue weighted by Crippen LogP contribution is 2.26. The van der Waals surface area contributed by atoms with Crippen molar-refractivity contribution in [3.05, 3.63) is 29.1 Å². The van der Waals surface area contributed by atoms with Crippen molar-refractivity contribution in [2.24, 2.45) is 5.92 Å². The minimum absolute atomic E-state index is 0.304. The molecule has 2 heteroatoms. The fourth-order valence-corrected chi connectivity index (χ4v) is 1.93. The molecule has 0 amide bonds. The van der Waals surface area contributed by atoms with Crippen LogP contribution in [0.2, 0.25) is 0 Å². The zero-order valence-electron chi connectivity index (χ0n) is 10.1. The summed E-state index contributed by atoms with van der Waals surface area (Å²) >= 11 is 0. The van der Waals surface area contributed by atoms with Gasteiger partial charge in [0.05, 0.1) is 6.10 Å². The van der Waals surface area contributed by atoms with E-state index >= 15 is 0 Å². The van der Waals surface area contributed by atoms with Crippen LogP contribution in [0.4, 0.5) is 0 Å². The van der Waals surface area contributed by atoms with E-state index in [1.165, 1.54) is 0 Å². The second kappa shape index (κ2) is 5.26. The Kier molecular flexibility index (Phi) is 4.28. The Balaban J connectivity index is 2.86. The molecular formula is C13H21NO. The molecule has 2 nitrogen and oxygen atoms in total. The van der Waals surface area contributed by atoms with Gasteiger partial charge in [-0.15, -0.1) is 0 Å². The highest BCUT2D eigenvalue weighted by molar-refractivity contribution is 5.24. The fourth-order valence-electron chi connectivity index (χ4n) is 1.93. The van der Waals surface area contributed by atoms with Gasteiger partial charge in [0.2, 0.25) is 0 Å². The van der Waals surface area contributed by atoms with Crippen molar-refractivity contribution < 1.29 is 5.11 Å². The van der Waals surface area contributed by atoms with Crippen LogP contribution in [0.25, 0.3) is 0 Å². The Morgan fingerprint density at radius 1 is 1.33 bits per heavy atom. The van der Waals surface area contributed by atoms with Crippen molar-refractivity contribution in [1.82, 2.24) is 4.98 Å². The Morgan fingerprint density at radius 3 is 2.53 bits per heavy atom. The first-order valence-corrected chi connectivity index (χ1v) is 5.68. The van der Waals surface area contributed by atoms with Gasteiger partial charge in [-0.05, 0) is 32.3 Å². The largest absolute Gasteiger partial charge is 0.388 e. The number of aliphatic hydroxyl groups excluding tert-OH is 1. The third-order valence-electron chi connectivity index (χ3n) is 2.87. The summed E-state index contributed by atoms with van der Waals surface area (Å²) in [5, 5.41) is 10.2. The Labute approximate surface area is 92.4 Å². The lowest BCUT2D eigenvalue weighted by Gasteiger charge is -2.20. The number of rotatable bonds is 4. The summed E-state index contributed by atoms with van der Waals surface area (Å²) < 4.78 is 0. The summed E-state index contributed by atoms with van der Waals surface area (Å²) in [5.74, 6) is 0.304. The van der Waals surface area contributed by atoms with Crippen molar-refractivity contribution in [2.45, 2.75) is 46.6 Å². The summed E-state index contributed by atoms with van der Waals surface area (Å²) in [6.45, 7) is 8.17. The van der Waals surface area contributed by atoms with E-state index < -0.39 is 0 Å². The number of aliphatic hydroxyl groups is 1. The van der Waals surface area contributed by atoms with E-state index in [0.29, 0.717) is 5.92 Å². The molecule has 1 rings (SSSR count). The predicted octanol–water partition coefficient (Wildman–Crippen LogP) is 3.17. The molecule has 0 aromatic carbocycles. The minimum atomic E-state index is -0.377. The zero-order chi connectivity index (χ0) is 11.4. The lowest BCUT2D eigenvalue weighted by Crippen LogP contribution is -2.11. The molecule has 0 saturated carbocycles. The maximum absolute atomic E-state index is 10.2. The maximum Gasteiger partial charge on any atom is 0.0833 e. The topological polar surface area (TPSA) is 33.1 Å². The Hall–Kier alpha value is -0.890. The van der Waals surface area contributed by atoms with Gasteiger partial charge in [0.15, 0.2) is 0 Å². The van der Waals surface area contributed by atoms with E-state index in [-0.39, 0.29) is 6.10 Å². The minimum Gasteiger partial charge on any atom is -0.388 e. The SMILES string of the molecule is CCCC(C)C(O)c1ccc(C)nc1C. The zero-order valence-corrected chi connectivity index (χ0v) is 10.1. The molecular weight excluding hydrogens is 186 g/mol. The summed E-state index contributed by atoms with van der Waals surface area (Å²) in [5.41, 5.74) is 2.93. The molecule has 15 heavy (non-hydrogen) atoms. The number of nitrogens with zero attached hydrogens (tertiary/aromatic N) is 1. The van der Waals surface area contributed by atoms with E-state index in [2.05, 4.69) is 18.8 Å². The Bertz CT molecular complexity index is 322. The van der Waals surface area contributed by atoms with E-state index in [1.807, 2.05) is 26.0 Å². The number of pyridine rings is 1. The van der Waals surface area contributed by atoms with E-state index in [4.69, 9.17) is 0 Å². The lowest BCUT2D eigenvalue weighted by atomic mass is 9.93. The first-order valence-electron chi connectivity index (χ1n) is 5.68. The molecule has 1 N–H and O–H groups in total. The van der Waals surface area contributed by atoms with Gasteiger partial charge < -0.3 is 5.11 Å².